The Bertz CT molecular complexity index is 885. The molecule has 3 aromatic rings. The van der Waals surface area contributed by atoms with Gasteiger partial charge in [0.15, 0.2) is 5.16 Å². The van der Waals surface area contributed by atoms with Gasteiger partial charge in [0.05, 0.1) is 39.9 Å². The Balaban J connectivity index is 0.00000121. The Labute approximate surface area is 172 Å². The van der Waals surface area contributed by atoms with Gasteiger partial charge in [-0.25, -0.2) is 4.98 Å². The van der Waals surface area contributed by atoms with Crippen LogP contribution in [0.2, 0.25) is 0 Å². The van der Waals surface area contributed by atoms with Crippen molar-refractivity contribution in [1.82, 2.24) is 15.0 Å². The molecule has 0 saturated carbocycles. The van der Waals surface area contributed by atoms with Gasteiger partial charge >= 0.3 is 29.6 Å². The Morgan fingerprint density at radius 1 is 1.28 bits per heavy atom. The third-order valence-electron chi connectivity index (χ3n) is 4.53. The van der Waals surface area contributed by atoms with Crippen molar-refractivity contribution in [3.63, 3.8) is 0 Å². The summed E-state index contributed by atoms with van der Waals surface area (Å²) in [5, 5.41) is 0.372. The minimum atomic E-state index is -1.27. The van der Waals surface area contributed by atoms with Crippen molar-refractivity contribution in [2.75, 3.05) is 7.11 Å². The number of aromatic amines is 1. The number of aromatic nitrogens is 3. The molecular weight excluding hydrogens is 345 g/mol. The van der Waals surface area contributed by atoms with Crippen LogP contribution in [0.3, 0.4) is 0 Å². The molecule has 1 aromatic carbocycles. The van der Waals surface area contributed by atoms with Crippen molar-refractivity contribution in [3.05, 3.63) is 47.8 Å². The van der Waals surface area contributed by atoms with E-state index in [1.807, 2.05) is 30.3 Å². The summed E-state index contributed by atoms with van der Waals surface area (Å²) < 4.78 is 18.7. The summed E-state index contributed by atoms with van der Waals surface area (Å²) in [6, 6.07) is 9.63. The molecule has 1 aliphatic rings. The van der Waals surface area contributed by atoms with Crippen LogP contribution in [0.15, 0.2) is 41.7 Å². The normalized spacial score (nSPS) is 18.0. The summed E-state index contributed by atoms with van der Waals surface area (Å²) >= 11 is 0. The number of hydrogen-bond acceptors (Lipinski definition) is 4. The quantitative estimate of drug-likeness (QED) is 0.547. The minimum absolute atomic E-state index is 0. The number of nitrogens with zero attached hydrogens (tertiary/aromatic N) is 2. The van der Waals surface area contributed by atoms with E-state index in [-0.39, 0.29) is 36.2 Å². The zero-order chi connectivity index (χ0) is 16.5. The Kier molecular flexibility index (Phi) is 5.94. The molecule has 0 radical (unpaired) electrons. The van der Waals surface area contributed by atoms with Gasteiger partial charge < -0.3 is 11.1 Å². The molecule has 25 heavy (non-hydrogen) atoms. The molecule has 126 valence electrons. The number of para-hydroxylation sites is 2. The molecule has 1 aliphatic carbocycles. The number of nitrogens with one attached hydrogen (secondary N) is 1. The van der Waals surface area contributed by atoms with Gasteiger partial charge in [-0.2, -0.15) is 0 Å². The van der Waals surface area contributed by atoms with E-state index < -0.39 is 10.8 Å². The van der Waals surface area contributed by atoms with Gasteiger partial charge in [-0.15, -0.1) is 0 Å². The zero-order valence-electron chi connectivity index (χ0n) is 15.5. The molecule has 2 heterocycles. The van der Waals surface area contributed by atoms with Gasteiger partial charge in [0.2, 0.25) is 0 Å². The smallest absolute Gasteiger partial charge is 1.00 e. The van der Waals surface area contributed by atoms with Crippen LogP contribution in [0.4, 0.5) is 0 Å². The molecule has 2 atom stereocenters. The van der Waals surface area contributed by atoms with Crippen LogP contribution in [0, 0.1) is 0 Å². The second-order valence-corrected chi connectivity index (χ2v) is 7.52. The van der Waals surface area contributed by atoms with Gasteiger partial charge in [0.1, 0.15) is 5.75 Å². The monoisotopic (exact) mass is 365 g/mol. The molecular formula is C18H20N3NaO2S. The number of hydrogen-bond donors (Lipinski definition) is 1. The first-order chi connectivity index (χ1) is 11.8. The number of rotatable bonds is 3. The molecule has 4 rings (SSSR count). The van der Waals surface area contributed by atoms with Crippen molar-refractivity contribution >= 4 is 21.8 Å². The molecule has 2 aromatic heterocycles. The van der Waals surface area contributed by atoms with E-state index in [2.05, 4.69) is 15.0 Å². The summed E-state index contributed by atoms with van der Waals surface area (Å²) in [5.41, 5.74) is 3.74. The topological polar surface area (TPSA) is 67.9 Å². The van der Waals surface area contributed by atoms with Gasteiger partial charge in [-0.05, 0) is 37.5 Å². The standard InChI is InChI=1S/C18H19N3O2S.Na.H/c1-23-15-10-11-19-17-12(15)6-2-5-9-16(17)24(22)18-20-13-7-3-4-8-14(13)21-18;;/h3-4,7-8,10-11,16H,2,5-6,9H2,1H3,(H,20,21);;/q;+1;-1/t16-,24+;;/m1../s1. The Morgan fingerprint density at radius 2 is 2.12 bits per heavy atom. The van der Waals surface area contributed by atoms with Crippen LogP contribution in [0.5, 0.6) is 5.75 Å². The predicted octanol–water partition coefficient (Wildman–Crippen LogP) is 0.658. The fourth-order valence-electron chi connectivity index (χ4n) is 3.35. The number of methoxy groups -OCH3 is 1. The Morgan fingerprint density at radius 3 is 2.92 bits per heavy atom. The summed E-state index contributed by atoms with van der Waals surface area (Å²) in [6.45, 7) is 0. The average Bonchev–Trinajstić information content (AvgIpc) is 2.93. The molecule has 5 nitrogen and oxygen atoms in total. The SMILES string of the molecule is COc1ccnc2c1CCCC[C@H]2[S@](=O)c1nc2ccccc2[nH]1.[H-].[Na+]. The fourth-order valence-corrected chi connectivity index (χ4v) is 4.80. The largest absolute Gasteiger partial charge is 1.00 e. The molecule has 0 amide bonds. The van der Waals surface area contributed by atoms with Crippen LogP contribution >= 0.6 is 0 Å². The van der Waals surface area contributed by atoms with Crippen LogP contribution in [-0.2, 0) is 17.2 Å². The Hall–Kier alpha value is -1.21. The van der Waals surface area contributed by atoms with E-state index in [1.165, 1.54) is 0 Å². The maximum Gasteiger partial charge on any atom is 1.00 e. The fraction of sp³-hybridized carbons (Fsp3) is 0.333. The third kappa shape index (κ3) is 3.53. The molecule has 0 aliphatic heterocycles. The molecule has 7 heteroatoms. The van der Waals surface area contributed by atoms with Gasteiger partial charge in [0, 0.05) is 11.8 Å². The van der Waals surface area contributed by atoms with Crippen molar-refractivity contribution in [3.8, 4) is 5.75 Å². The van der Waals surface area contributed by atoms with E-state index in [9.17, 15) is 4.21 Å². The third-order valence-corrected chi connectivity index (χ3v) is 6.08. The van der Waals surface area contributed by atoms with Crippen molar-refractivity contribution in [1.29, 1.82) is 0 Å². The van der Waals surface area contributed by atoms with Crippen LogP contribution in [0.25, 0.3) is 11.0 Å². The van der Waals surface area contributed by atoms with Gasteiger partial charge in [-0.3, -0.25) is 9.19 Å². The number of fused-ring (bicyclic) bond motifs is 2. The van der Waals surface area contributed by atoms with E-state index in [1.54, 1.807) is 13.3 Å². The van der Waals surface area contributed by atoms with E-state index in [0.717, 1.165) is 53.7 Å². The minimum Gasteiger partial charge on any atom is -1.00 e. The van der Waals surface area contributed by atoms with E-state index >= 15 is 0 Å². The maximum atomic E-state index is 13.2. The summed E-state index contributed by atoms with van der Waals surface area (Å²) in [5.74, 6) is 0.841. The number of H-pyrrole nitrogens is 1. The second-order valence-electron chi connectivity index (χ2n) is 5.97. The number of imidazole rings is 1. The summed E-state index contributed by atoms with van der Waals surface area (Å²) in [7, 11) is 0.402. The summed E-state index contributed by atoms with van der Waals surface area (Å²) in [6.07, 6.45) is 5.59. The molecule has 0 unspecified atom stereocenters. The van der Waals surface area contributed by atoms with Gasteiger partial charge in [-0.1, -0.05) is 18.6 Å². The maximum absolute atomic E-state index is 13.2. The van der Waals surface area contributed by atoms with Crippen molar-refractivity contribution in [2.45, 2.75) is 36.1 Å². The first-order valence-electron chi connectivity index (χ1n) is 8.15. The first-order valence-corrected chi connectivity index (χ1v) is 9.36. The number of ether oxygens (including phenoxy) is 1. The molecule has 0 saturated heterocycles. The van der Waals surface area contributed by atoms with Gasteiger partial charge in [0.25, 0.3) is 0 Å². The predicted molar refractivity (Wildman–Crippen MR) is 94.7 cm³/mol. The van der Waals surface area contributed by atoms with Crippen LogP contribution in [-0.4, -0.2) is 26.3 Å². The number of pyridine rings is 1. The average molecular weight is 365 g/mol. The summed E-state index contributed by atoms with van der Waals surface area (Å²) in [4.78, 5) is 12.3. The first kappa shape index (κ1) is 18.6. The van der Waals surface area contributed by atoms with E-state index in [4.69, 9.17) is 4.74 Å². The van der Waals surface area contributed by atoms with Crippen molar-refractivity contribution < 1.29 is 39.9 Å². The second kappa shape index (κ2) is 7.99. The van der Waals surface area contributed by atoms with Crippen molar-refractivity contribution in [2.24, 2.45) is 0 Å². The molecule has 0 bridgehead atoms. The molecule has 0 spiro atoms. The van der Waals surface area contributed by atoms with Crippen LogP contribution in [0.1, 0.15) is 37.2 Å². The zero-order valence-corrected chi connectivity index (χ0v) is 17.3. The molecule has 1 N–H and O–H groups in total. The number of benzene rings is 1. The van der Waals surface area contributed by atoms with E-state index in [0.29, 0.717) is 5.16 Å². The molecule has 0 fully saturated rings. The van der Waals surface area contributed by atoms with Crippen LogP contribution < -0.4 is 34.3 Å².